The van der Waals surface area contributed by atoms with E-state index in [1.807, 2.05) is 6.20 Å². The van der Waals surface area contributed by atoms with Crippen molar-refractivity contribution in [2.45, 2.75) is 219 Å². The van der Waals surface area contributed by atoms with Gasteiger partial charge in [-0.2, -0.15) is 0 Å². The number of unbranched alkanes of at least 4 members (excludes halogenated alkanes) is 26. The van der Waals surface area contributed by atoms with Crippen molar-refractivity contribution in [1.82, 2.24) is 9.55 Å². The largest absolute Gasteiger partial charge is 0.334 e. The molecule has 0 N–H and O–H groups in total. The number of nitrogens with zero attached hydrogens (tertiary/aromatic N) is 2. The van der Waals surface area contributed by atoms with Crippen LogP contribution < -0.4 is 0 Å². The Morgan fingerprint density at radius 2 is 0.870 bits per heavy atom. The lowest BCUT2D eigenvalue weighted by atomic mass is 9.84. The summed E-state index contributed by atoms with van der Waals surface area (Å²) in [5.74, 6) is 0.691. The van der Waals surface area contributed by atoms with Crippen LogP contribution in [-0.2, 0) is 6.42 Å². The predicted octanol–water partition coefficient (Wildman–Crippen LogP) is 15.0. The topological polar surface area (TPSA) is 17.8 Å². The minimum absolute atomic E-state index is 0.571. The molecule has 0 fully saturated rings. The normalized spacial score (nSPS) is 12.9. The van der Waals surface area contributed by atoms with Gasteiger partial charge in [0.15, 0.2) is 0 Å². The zero-order chi connectivity index (χ0) is 32.6. The predicted molar refractivity (Wildman–Crippen MR) is 205 cm³/mol. The monoisotopic (exact) mass is 635 g/mol. The first-order valence-corrected chi connectivity index (χ1v) is 20.9. The summed E-state index contributed by atoms with van der Waals surface area (Å²) in [5.41, 5.74) is 1.50. The molecule has 2 aromatic rings. The Morgan fingerprint density at radius 3 is 1.26 bits per heavy atom. The first-order valence-electron chi connectivity index (χ1n) is 20.9. The molecule has 46 heavy (non-hydrogen) atoms. The molecule has 0 saturated heterocycles. The van der Waals surface area contributed by atoms with E-state index < -0.39 is 0 Å². The van der Waals surface area contributed by atoms with Crippen LogP contribution in [-0.4, -0.2) is 9.55 Å². The average molecular weight is 635 g/mol. The van der Waals surface area contributed by atoms with Gasteiger partial charge < -0.3 is 4.57 Å². The van der Waals surface area contributed by atoms with Gasteiger partial charge in [0.05, 0.1) is 6.33 Å². The first kappa shape index (κ1) is 40.6. The SMILES string of the molecule is CCCCCCCCCCCCCCCCC(Cc1ccccc1)C(CCCCCCCCCCCCCCCC)n1ccnc1. The summed E-state index contributed by atoms with van der Waals surface area (Å²) in [6, 6.07) is 11.9. The molecule has 0 aliphatic heterocycles. The second-order valence-corrected chi connectivity index (χ2v) is 14.8. The molecular formula is C44H78N2. The number of benzene rings is 1. The molecule has 1 aromatic carbocycles. The van der Waals surface area contributed by atoms with E-state index in [1.54, 1.807) is 0 Å². The van der Waals surface area contributed by atoms with E-state index in [0.29, 0.717) is 12.0 Å². The van der Waals surface area contributed by atoms with Crippen LogP contribution in [0.2, 0.25) is 0 Å². The molecule has 0 radical (unpaired) electrons. The van der Waals surface area contributed by atoms with Gasteiger partial charge >= 0.3 is 0 Å². The maximum atomic E-state index is 4.49. The minimum Gasteiger partial charge on any atom is -0.334 e. The Balaban J connectivity index is 1.65. The van der Waals surface area contributed by atoms with E-state index >= 15 is 0 Å². The second kappa shape index (κ2) is 30.7. The second-order valence-electron chi connectivity index (χ2n) is 14.8. The highest BCUT2D eigenvalue weighted by Gasteiger charge is 2.23. The van der Waals surface area contributed by atoms with Gasteiger partial charge in [0, 0.05) is 18.4 Å². The van der Waals surface area contributed by atoms with Crippen LogP contribution in [0.1, 0.15) is 218 Å². The highest BCUT2D eigenvalue weighted by Crippen LogP contribution is 2.32. The van der Waals surface area contributed by atoms with E-state index in [1.165, 1.54) is 205 Å². The van der Waals surface area contributed by atoms with Crippen molar-refractivity contribution < 1.29 is 0 Å². The Bertz CT molecular complexity index is 844. The molecule has 1 aromatic heterocycles. The van der Waals surface area contributed by atoms with Crippen molar-refractivity contribution in [1.29, 1.82) is 0 Å². The molecule has 2 nitrogen and oxygen atoms in total. The summed E-state index contributed by atoms with van der Waals surface area (Å²) in [6.07, 6.45) is 50.2. The zero-order valence-corrected chi connectivity index (χ0v) is 31.1. The van der Waals surface area contributed by atoms with Gasteiger partial charge in [-0.3, -0.25) is 0 Å². The molecule has 0 spiro atoms. The molecule has 0 aliphatic rings. The molecule has 0 aliphatic carbocycles. The molecular weight excluding hydrogens is 556 g/mol. The van der Waals surface area contributed by atoms with E-state index in [0.717, 1.165) is 0 Å². The molecule has 264 valence electrons. The van der Waals surface area contributed by atoms with Gasteiger partial charge in [-0.1, -0.05) is 224 Å². The van der Waals surface area contributed by atoms with Crippen LogP contribution in [0.4, 0.5) is 0 Å². The Morgan fingerprint density at radius 1 is 0.478 bits per heavy atom. The Labute approximate surface area is 288 Å². The maximum absolute atomic E-state index is 4.49. The third-order valence-corrected chi connectivity index (χ3v) is 10.6. The van der Waals surface area contributed by atoms with Crippen molar-refractivity contribution in [3.05, 3.63) is 54.6 Å². The molecule has 0 amide bonds. The number of hydrogen-bond donors (Lipinski definition) is 0. The van der Waals surface area contributed by atoms with Crippen molar-refractivity contribution in [3.8, 4) is 0 Å². The number of hydrogen-bond acceptors (Lipinski definition) is 1. The maximum Gasteiger partial charge on any atom is 0.0948 e. The van der Waals surface area contributed by atoms with E-state index in [9.17, 15) is 0 Å². The molecule has 2 unspecified atom stereocenters. The Hall–Kier alpha value is -1.57. The number of imidazole rings is 1. The third-order valence-electron chi connectivity index (χ3n) is 10.6. The van der Waals surface area contributed by atoms with Crippen molar-refractivity contribution in [3.63, 3.8) is 0 Å². The number of rotatable bonds is 34. The fourth-order valence-electron chi connectivity index (χ4n) is 7.59. The van der Waals surface area contributed by atoms with E-state index in [2.05, 4.69) is 66.3 Å². The van der Waals surface area contributed by atoms with Gasteiger partial charge in [-0.25, -0.2) is 4.98 Å². The fraction of sp³-hybridized carbons (Fsp3) is 0.795. The summed E-state index contributed by atoms with van der Waals surface area (Å²) < 4.78 is 2.46. The van der Waals surface area contributed by atoms with E-state index in [-0.39, 0.29) is 0 Å². The van der Waals surface area contributed by atoms with Crippen molar-refractivity contribution in [2.75, 3.05) is 0 Å². The molecule has 1 heterocycles. The quantitative estimate of drug-likeness (QED) is 0.0700. The smallest absolute Gasteiger partial charge is 0.0948 e. The van der Waals surface area contributed by atoms with Gasteiger partial charge in [0.1, 0.15) is 0 Å². The average Bonchev–Trinajstić information content (AvgIpc) is 3.62. The lowest BCUT2D eigenvalue weighted by Gasteiger charge is -2.29. The minimum atomic E-state index is 0.571. The Kier molecular flexibility index (Phi) is 27.1. The van der Waals surface area contributed by atoms with Gasteiger partial charge in [0.2, 0.25) is 0 Å². The highest BCUT2D eigenvalue weighted by atomic mass is 15.1. The summed E-state index contributed by atoms with van der Waals surface area (Å²) in [5, 5.41) is 0. The molecule has 2 rings (SSSR count). The van der Waals surface area contributed by atoms with Crippen LogP contribution >= 0.6 is 0 Å². The molecule has 2 atom stereocenters. The van der Waals surface area contributed by atoms with Crippen LogP contribution in [0.3, 0.4) is 0 Å². The highest BCUT2D eigenvalue weighted by molar-refractivity contribution is 5.15. The zero-order valence-electron chi connectivity index (χ0n) is 31.1. The van der Waals surface area contributed by atoms with Gasteiger partial charge in [-0.15, -0.1) is 0 Å². The lowest BCUT2D eigenvalue weighted by Crippen LogP contribution is -2.21. The van der Waals surface area contributed by atoms with Crippen molar-refractivity contribution >= 4 is 0 Å². The summed E-state index contributed by atoms with van der Waals surface area (Å²) >= 11 is 0. The van der Waals surface area contributed by atoms with Gasteiger partial charge in [0.25, 0.3) is 0 Å². The molecule has 2 heteroatoms. The van der Waals surface area contributed by atoms with Crippen LogP contribution in [0.5, 0.6) is 0 Å². The lowest BCUT2D eigenvalue weighted by molar-refractivity contribution is 0.275. The standard InChI is InChI=1S/C44H78N2/c1-3-5-7-9-11-13-15-17-19-21-23-25-27-32-36-43(40-42-34-30-29-31-35-42)44(46-39-38-45-41-46)37-33-28-26-24-22-20-18-16-14-12-10-8-6-4-2/h29-31,34-35,38-39,41,43-44H,3-28,32-33,36-37,40H2,1-2H3. The van der Waals surface area contributed by atoms with Crippen LogP contribution in [0.15, 0.2) is 49.1 Å². The van der Waals surface area contributed by atoms with Crippen LogP contribution in [0.25, 0.3) is 0 Å². The van der Waals surface area contributed by atoms with E-state index in [4.69, 9.17) is 0 Å². The number of aromatic nitrogens is 2. The molecule has 0 saturated carbocycles. The summed E-state index contributed by atoms with van der Waals surface area (Å²) in [6.45, 7) is 4.62. The van der Waals surface area contributed by atoms with Crippen LogP contribution in [0, 0.1) is 5.92 Å². The molecule has 0 bridgehead atoms. The van der Waals surface area contributed by atoms with Gasteiger partial charge in [-0.05, 0) is 30.7 Å². The van der Waals surface area contributed by atoms with Crippen molar-refractivity contribution in [2.24, 2.45) is 5.92 Å². The third kappa shape index (κ3) is 22.1. The summed E-state index contributed by atoms with van der Waals surface area (Å²) in [7, 11) is 0. The summed E-state index contributed by atoms with van der Waals surface area (Å²) in [4.78, 5) is 4.49. The fourth-order valence-corrected chi connectivity index (χ4v) is 7.59. The first-order chi connectivity index (χ1) is 22.8.